The molecule has 0 aliphatic heterocycles. The molecule has 0 saturated heterocycles. The molecule has 16 heavy (non-hydrogen) atoms. The first-order chi connectivity index (χ1) is 7.72. The van der Waals surface area contributed by atoms with E-state index in [2.05, 4.69) is 9.88 Å². The van der Waals surface area contributed by atoms with E-state index in [-0.39, 0.29) is 6.07 Å². The summed E-state index contributed by atoms with van der Waals surface area (Å²) in [5.74, 6) is 0.839. The maximum Gasteiger partial charge on any atom is 0.162 e. The highest BCUT2D eigenvalue weighted by Gasteiger charge is 2.09. The van der Waals surface area contributed by atoms with Crippen LogP contribution in [0.5, 0.6) is 5.75 Å². The number of hydrogen-bond acceptors (Lipinski definition) is 2. The summed E-state index contributed by atoms with van der Waals surface area (Å²) in [5.41, 5.74) is 2.31. The van der Waals surface area contributed by atoms with Crippen LogP contribution in [-0.2, 0) is 6.54 Å². The van der Waals surface area contributed by atoms with Gasteiger partial charge >= 0.3 is 0 Å². The SMILES string of the molecule is CN(C)Cc1c[nH]c2cccc(OCCl)c12. The average molecular weight is 239 g/mol. The Bertz CT molecular complexity index is 479. The van der Waals surface area contributed by atoms with Crippen LogP contribution in [0.3, 0.4) is 0 Å². The maximum atomic E-state index is 5.62. The minimum Gasteiger partial charge on any atom is -0.477 e. The van der Waals surface area contributed by atoms with Gasteiger partial charge in [-0.05, 0) is 31.8 Å². The fraction of sp³-hybridized carbons (Fsp3) is 0.333. The van der Waals surface area contributed by atoms with Crippen molar-refractivity contribution < 1.29 is 4.74 Å². The molecule has 0 aliphatic rings. The lowest BCUT2D eigenvalue weighted by Gasteiger charge is -2.10. The zero-order valence-electron chi connectivity index (χ0n) is 9.46. The second-order valence-electron chi connectivity index (χ2n) is 3.98. The number of halogens is 1. The van der Waals surface area contributed by atoms with Gasteiger partial charge in [-0.3, -0.25) is 0 Å². The average Bonchev–Trinajstić information content (AvgIpc) is 2.62. The summed E-state index contributed by atoms with van der Waals surface area (Å²) in [6, 6.07) is 6.11. The summed E-state index contributed by atoms with van der Waals surface area (Å²) in [5, 5.41) is 1.12. The third kappa shape index (κ3) is 2.15. The molecule has 1 N–H and O–H groups in total. The zero-order chi connectivity index (χ0) is 11.5. The van der Waals surface area contributed by atoms with E-state index in [9.17, 15) is 0 Å². The molecule has 0 bridgehead atoms. The third-order valence-corrected chi connectivity index (χ3v) is 2.55. The smallest absolute Gasteiger partial charge is 0.162 e. The van der Waals surface area contributed by atoms with Crippen molar-refractivity contribution >= 4 is 22.5 Å². The van der Waals surface area contributed by atoms with E-state index < -0.39 is 0 Å². The van der Waals surface area contributed by atoms with Gasteiger partial charge in [-0.1, -0.05) is 17.7 Å². The van der Waals surface area contributed by atoms with Crippen LogP contribution in [0.25, 0.3) is 10.9 Å². The summed E-state index contributed by atoms with van der Waals surface area (Å²) in [7, 11) is 4.09. The molecule has 2 aromatic rings. The van der Waals surface area contributed by atoms with Gasteiger partial charge in [-0.15, -0.1) is 0 Å². The number of aromatic amines is 1. The second-order valence-corrected chi connectivity index (χ2v) is 4.20. The van der Waals surface area contributed by atoms with Crippen molar-refractivity contribution in [3.8, 4) is 5.75 Å². The number of ether oxygens (including phenoxy) is 1. The first-order valence-electron chi connectivity index (χ1n) is 5.15. The van der Waals surface area contributed by atoms with Crippen LogP contribution in [0.1, 0.15) is 5.56 Å². The first-order valence-corrected chi connectivity index (χ1v) is 5.68. The van der Waals surface area contributed by atoms with Crippen molar-refractivity contribution in [1.82, 2.24) is 9.88 Å². The van der Waals surface area contributed by atoms with Crippen LogP contribution >= 0.6 is 11.6 Å². The minimum absolute atomic E-state index is 0.172. The number of fused-ring (bicyclic) bond motifs is 1. The Morgan fingerprint density at radius 2 is 2.19 bits per heavy atom. The third-order valence-electron chi connectivity index (χ3n) is 2.45. The van der Waals surface area contributed by atoms with Crippen LogP contribution < -0.4 is 4.74 Å². The normalized spacial score (nSPS) is 11.2. The molecule has 0 radical (unpaired) electrons. The predicted molar refractivity (Wildman–Crippen MR) is 67.0 cm³/mol. The fourth-order valence-electron chi connectivity index (χ4n) is 1.86. The summed E-state index contributed by atoms with van der Waals surface area (Å²) in [4.78, 5) is 5.37. The Hall–Kier alpha value is -1.19. The van der Waals surface area contributed by atoms with Crippen LogP contribution in [0, 0.1) is 0 Å². The number of benzene rings is 1. The van der Waals surface area contributed by atoms with Gasteiger partial charge in [-0.25, -0.2) is 0 Å². The monoisotopic (exact) mass is 238 g/mol. The van der Waals surface area contributed by atoms with E-state index in [1.807, 2.05) is 38.5 Å². The van der Waals surface area contributed by atoms with Crippen molar-refractivity contribution in [3.05, 3.63) is 30.0 Å². The van der Waals surface area contributed by atoms with E-state index in [1.54, 1.807) is 0 Å². The van der Waals surface area contributed by atoms with Gasteiger partial charge in [0.25, 0.3) is 0 Å². The van der Waals surface area contributed by atoms with Gasteiger partial charge in [0.1, 0.15) is 5.75 Å². The Morgan fingerprint density at radius 3 is 2.88 bits per heavy atom. The van der Waals surface area contributed by atoms with Crippen molar-refractivity contribution in [2.75, 3.05) is 20.2 Å². The van der Waals surface area contributed by atoms with Gasteiger partial charge < -0.3 is 14.6 Å². The minimum atomic E-state index is 0.172. The zero-order valence-corrected chi connectivity index (χ0v) is 10.2. The highest BCUT2D eigenvalue weighted by molar-refractivity contribution is 6.17. The molecule has 86 valence electrons. The number of H-pyrrole nitrogens is 1. The Morgan fingerprint density at radius 1 is 1.38 bits per heavy atom. The highest BCUT2D eigenvalue weighted by atomic mass is 35.5. The maximum absolute atomic E-state index is 5.62. The summed E-state index contributed by atoms with van der Waals surface area (Å²) >= 11 is 5.62. The standard InChI is InChI=1S/C12H15ClN2O/c1-15(2)7-9-6-14-10-4-3-5-11(12(9)10)16-8-13/h3-6,14H,7-8H2,1-2H3. The number of alkyl halides is 1. The predicted octanol–water partition coefficient (Wildman–Crippen LogP) is 2.80. The van der Waals surface area contributed by atoms with Crippen LogP contribution in [-0.4, -0.2) is 30.0 Å². The number of hydrogen-bond donors (Lipinski definition) is 1. The molecule has 1 aromatic carbocycles. The molecule has 1 heterocycles. The molecule has 4 heteroatoms. The molecule has 0 amide bonds. The molecule has 0 unspecified atom stereocenters. The van der Waals surface area contributed by atoms with E-state index in [1.165, 1.54) is 5.56 Å². The van der Waals surface area contributed by atoms with Crippen LogP contribution in [0.2, 0.25) is 0 Å². The van der Waals surface area contributed by atoms with Crippen LogP contribution in [0.15, 0.2) is 24.4 Å². The topological polar surface area (TPSA) is 28.3 Å². The Balaban J connectivity index is 2.49. The van der Waals surface area contributed by atoms with E-state index in [4.69, 9.17) is 16.3 Å². The van der Waals surface area contributed by atoms with Crippen molar-refractivity contribution in [2.45, 2.75) is 6.54 Å². The molecule has 0 aliphatic carbocycles. The van der Waals surface area contributed by atoms with Crippen molar-refractivity contribution in [3.63, 3.8) is 0 Å². The lowest BCUT2D eigenvalue weighted by Crippen LogP contribution is -2.10. The van der Waals surface area contributed by atoms with Gasteiger partial charge in [-0.2, -0.15) is 0 Å². The number of nitrogens with zero attached hydrogens (tertiary/aromatic N) is 1. The van der Waals surface area contributed by atoms with Crippen LogP contribution in [0.4, 0.5) is 0 Å². The second kappa shape index (κ2) is 4.76. The lowest BCUT2D eigenvalue weighted by molar-refractivity contribution is 0.388. The lowest BCUT2D eigenvalue weighted by atomic mass is 10.1. The van der Waals surface area contributed by atoms with Crippen molar-refractivity contribution in [1.29, 1.82) is 0 Å². The largest absolute Gasteiger partial charge is 0.477 e. The first kappa shape index (κ1) is 11.3. The Labute approximate surface area is 100.0 Å². The summed E-state index contributed by atoms with van der Waals surface area (Å²) in [6.45, 7) is 0.878. The molecule has 0 spiro atoms. The fourth-order valence-corrected chi connectivity index (χ4v) is 1.98. The molecule has 3 nitrogen and oxygen atoms in total. The van der Waals surface area contributed by atoms with Gasteiger partial charge in [0.2, 0.25) is 0 Å². The molecule has 1 aromatic heterocycles. The summed E-state index contributed by atoms with van der Waals surface area (Å²) < 4.78 is 5.43. The number of rotatable bonds is 4. The molecule has 2 rings (SSSR count). The molecule has 0 saturated carbocycles. The van der Waals surface area contributed by atoms with E-state index in [0.29, 0.717) is 0 Å². The number of aromatic nitrogens is 1. The Kier molecular flexibility index (Phi) is 3.36. The highest BCUT2D eigenvalue weighted by Crippen LogP contribution is 2.29. The molecule has 0 atom stereocenters. The quantitative estimate of drug-likeness (QED) is 0.830. The van der Waals surface area contributed by atoms with E-state index in [0.717, 1.165) is 23.2 Å². The summed E-state index contributed by atoms with van der Waals surface area (Å²) in [6.07, 6.45) is 2.02. The number of nitrogens with one attached hydrogen (secondary N) is 1. The molecular formula is C12H15ClN2O. The van der Waals surface area contributed by atoms with Gasteiger partial charge in [0.05, 0.1) is 0 Å². The van der Waals surface area contributed by atoms with E-state index >= 15 is 0 Å². The molecular weight excluding hydrogens is 224 g/mol. The van der Waals surface area contributed by atoms with Gasteiger partial charge in [0.15, 0.2) is 6.07 Å². The van der Waals surface area contributed by atoms with Gasteiger partial charge in [0, 0.05) is 23.6 Å². The van der Waals surface area contributed by atoms with Crippen molar-refractivity contribution in [2.24, 2.45) is 0 Å². The molecule has 0 fully saturated rings.